The zero-order valence-electron chi connectivity index (χ0n) is 8.85. The van der Waals surface area contributed by atoms with Crippen molar-refractivity contribution in [2.75, 3.05) is 0 Å². The molecule has 16 heavy (non-hydrogen) atoms. The van der Waals surface area contributed by atoms with Gasteiger partial charge in [-0.1, -0.05) is 30.3 Å². The van der Waals surface area contributed by atoms with Crippen molar-refractivity contribution in [1.82, 2.24) is 15.2 Å². The van der Waals surface area contributed by atoms with Gasteiger partial charge in [-0.25, -0.2) is 4.98 Å². The van der Waals surface area contributed by atoms with E-state index in [4.69, 9.17) is 5.11 Å². The van der Waals surface area contributed by atoms with E-state index in [0.717, 1.165) is 18.7 Å². The summed E-state index contributed by atoms with van der Waals surface area (Å²) in [5.74, 6) is 1.35. The van der Waals surface area contributed by atoms with E-state index in [1.54, 1.807) is 0 Å². The third-order valence-electron chi connectivity index (χ3n) is 3.19. The van der Waals surface area contributed by atoms with Crippen molar-refractivity contribution in [3.63, 3.8) is 0 Å². The van der Waals surface area contributed by atoms with Gasteiger partial charge in [0, 0.05) is 0 Å². The molecule has 4 nitrogen and oxygen atoms in total. The van der Waals surface area contributed by atoms with Gasteiger partial charge in [0.1, 0.15) is 12.4 Å². The van der Waals surface area contributed by atoms with Crippen molar-refractivity contribution in [3.05, 3.63) is 47.5 Å². The molecule has 0 atom stereocenters. The molecule has 1 aromatic carbocycles. The van der Waals surface area contributed by atoms with Crippen LogP contribution in [-0.2, 0) is 12.0 Å². The molecule has 1 saturated carbocycles. The maximum Gasteiger partial charge on any atom is 0.161 e. The van der Waals surface area contributed by atoms with E-state index in [2.05, 4.69) is 27.3 Å². The fourth-order valence-electron chi connectivity index (χ4n) is 2.10. The van der Waals surface area contributed by atoms with Gasteiger partial charge in [-0.3, -0.25) is 5.10 Å². The number of rotatable bonds is 3. The number of hydrogen-bond acceptors (Lipinski definition) is 3. The molecule has 0 bridgehead atoms. The fourth-order valence-corrected chi connectivity index (χ4v) is 2.10. The zero-order chi connectivity index (χ0) is 11.0. The smallest absolute Gasteiger partial charge is 0.161 e. The van der Waals surface area contributed by atoms with E-state index in [9.17, 15) is 0 Å². The minimum atomic E-state index is -0.0854. The Labute approximate surface area is 93.4 Å². The third kappa shape index (κ3) is 1.34. The van der Waals surface area contributed by atoms with Gasteiger partial charge in [0.25, 0.3) is 0 Å². The number of aliphatic hydroxyl groups excluding tert-OH is 1. The molecule has 1 aliphatic carbocycles. The summed E-state index contributed by atoms with van der Waals surface area (Å²) in [4.78, 5) is 4.32. The SMILES string of the molecule is OCc1nc(C2(c3ccccc3)CC2)n[nH]1. The Balaban J connectivity index is 2.00. The number of benzene rings is 1. The van der Waals surface area contributed by atoms with Crippen LogP contribution in [0.5, 0.6) is 0 Å². The highest BCUT2D eigenvalue weighted by Gasteiger charge is 2.49. The lowest BCUT2D eigenvalue weighted by Crippen LogP contribution is -2.10. The Morgan fingerprint density at radius 3 is 2.56 bits per heavy atom. The monoisotopic (exact) mass is 215 g/mol. The number of aromatic amines is 1. The van der Waals surface area contributed by atoms with Crippen LogP contribution in [-0.4, -0.2) is 20.3 Å². The molecule has 3 rings (SSSR count). The minimum Gasteiger partial charge on any atom is -0.388 e. The van der Waals surface area contributed by atoms with Crippen LogP contribution >= 0.6 is 0 Å². The summed E-state index contributed by atoms with van der Waals surface area (Å²) < 4.78 is 0. The molecule has 0 unspecified atom stereocenters. The predicted octanol–water partition coefficient (Wildman–Crippen LogP) is 1.38. The zero-order valence-corrected chi connectivity index (χ0v) is 8.85. The Morgan fingerprint density at radius 1 is 1.25 bits per heavy atom. The molecular weight excluding hydrogens is 202 g/mol. The van der Waals surface area contributed by atoms with E-state index >= 15 is 0 Å². The van der Waals surface area contributed by atoms with Crippen LogP contribution < -0.4 is 0 Å². The van der Waals surface area contributed by atoms with Gasteiger partial charge in [0.2, 0.25) is 0 Å². The highest BCUT2D eigenvalue weighted by atomic mass is 16.3. The van der Waals surface area contributed by atoms with Crippen LogP contribution in [0, 0.1) is 0 Å². The summed E-state index contributed by atoms with van der Waals surface area (Å²) in [5.41, 5.74) is 1.25. The molecule has 1 aliphatic rings. The number of H-pyrrole nitrogens is 1. The second-order valence-corrected chi connectivity index (χ2v) is 4.21. The van der Waals surface area contributed by atoms with Gasteiger partial charge in [-0.05, 0) is 18.4 Å². The first kappa shape index (κ1) is 9.54. The quantitative estimate of drug-likeness (QED) is 0.813. The maximum absolute atomic E-state index is 8.97. The maximum atomic E-state index is 8.97. The van der Waals surface area contributed by atoms with Crippen molar-refractivity contribution < 1.29 is 5.11 Å². The van der Waals surface area contributed by atoms with E-state index in [-0.39, 0.29) is 12.0 Å². The Morgan fingerprint density at radius 2 is 2.00 bits per heavy atom. The van der Waals surface area contributed by atoms with Gasteiger partial charge in [0.05, 0.1) is 5.41 Å². The van der Waals surface area contributed by atoms with Gasteiger partial charge in [-0.2, -0.15) is 5.10 Å². The molecular formula is C12H13N3O. The van der Waals surface area contributed by atoms with Crippen molar-refractivity contribution in [2.24, 2.45) is 0 Å². The van der Waals surface area contributed by atoms with Crippen molar-refractivity contribution >= 4 is 0 Å². The molecule has 4 heteroatoms. The van der Waals surface area contributed by atoms with Crippen LogP contribution in [0.15, 0.2) is 30.3 Å². The normalized spacial score (nSPS) is 17.3. The molecule has 1 heterocycles. The Bertz CT molecular complexity index is 488. The molecule has 82 valence electrons. The van der Waals surface area contributed by atoms with Crippen LogP contribution in [0.4, 0.5) is 0 Å². The summed E-state index contributed by atoms with van der Waals surface area (Å²) >= 11 is 0. The Kier molecular flexibility index (Phi) is 2.04. The van der Waals surface area contributed by atoms with E-state index in [1.807, 2.05) is 18.2 Å². The first-order valence-electron chi connectivity index (χ1n) is 5.43. The predicted molar refractivity (Wildman–Crippen MR) is 58.8 cm³/mol. The number of aliphatic hydroxyl groups is 1. The lowest BCUT2D eigenvalue weighted by atomic mass is 9.95. The number of hydrogen-bond donors (Lipinski definition) is 2. The molecule has 1 aromatic heterocycles. The second-order valence-electron chi connectivity index (χ2n) is 4.21. The van der Waals surface area contributed by atoms with Gasteiger partial charge < -0.3 is 5.11 Å². The number of nitrogens with one attached hydrogen (secondary N) is 1. The molecule has 0 amide bonds. The number of nitrogens with zero attached hydrogens (tertiary/aromatic N) is 2. The minimum absolute atomic E-state index is 0.00875. The summed E-state index contributed by atoms with van der Waals surface area (Å²) in [6.07, 6.45) is 2.17. The highest BCUT2D eigenvalue weighted by molar-refractivity contribution is 5.38. The van der Waals surface area contributed by atoms with Crippen molar-refractivity contribution in [2.45, 2.75) is 24.9 Å². The fraction of sp³-hybridized carbons (Fsp3) is 0.333. The van der Waals surface area contributed by atoms with Crippen molar-refractivity contribution in [3.8, 4) is 0 Å². The second kappa shape index (κ2) is 3.42. The lowest BCUT2D eigenvalue weighted by molar-refractivity contribution is 0.271. The summed E-state index contributed by atoms with van der Waals surface area (Å²) in [6.45, 7) is -0.0854. The molecule has 2 aromatic rings. The van der Waals surface area contributed by atoms with E-state index in [1.165, 1.54) is 5.56 Å². The molecule has 0 saturated heterocycles. The largest absolute Gasteiger partial charge is 0.388 e. The molecule has 0 aliphatic heterocycles. The molecule has 2 N–H and O–H groups in total. The van der Waals surface area contributed by atoms with Crippen LogP contribution in [0.1, 0.15) is 30.1 Å². The van der Waals surface area contributed by atoms with Gasteiger partial charge in [-0.15, -0.1) is 0 Å². The molecule has 0 spiro atoms. The summed E-state index contributed by atoms with van der Waals surface area (Å²) in [7, 11) is 0. The van der Waals surface area contributed by atoms with Crippen LogP contribution in [0.3, 0.4) is 0 Å². The summed E-state index contributed by atoms with van der Waals surface area (Å²) in [6, 6.07) is 10.3. The Hall–Kier alpha value is -1.68. The van der Waals surface area contributed by atoms with E-state index < -0.39 is 0 Å². The lowest BCUT2D eigenvalue weighted by Gasteiger charge is -2.10. The molecule has 0 radical (unpaired) electrons. The summed E-state index contributed by atoms with van der Waals surface area (Å²) in [5, 5.41) is 15.9. The van der Waals surface area contributed by atoms with Gasteiger partial charge >= 0.3 is 0 Å². The van der Waals surface area contributed by atoms with Gasteiger partial charge in [0.15, 0.2) is 5.82 Å². The van der Waals surface area contributed by atoms with Crippen molar-refractivity contribution in [1.29, 1.82) is 0 Å². The average molecular weight is 215 g/mol. The van der Waals surface area contributed by atoms with Crippen LogP contribution in [0.2, 0.25) is 0 Å². The first-order valence-corrected chi connectivity index (χ1v) is 5.43. The van der Waals surface area contributed by atoms with E-state index in [0.29, 0.717) is 5.82 Å². The topological polar surface area (TPSA) is 61.8 Å². The first-order chi connectivity index (χ1) is 7.85. The molecule has 1 fully saturated rings. The number of aromatic nitrogens is 3. The average Bonchev–Trinajstić information content (AvgIpc) is 3.02. The third-order valence-corrected chi connectivity index (χ3v) is 3.19. The van der Waals surface area contributed by atoms with Crippen LogP contribution in [0.25, 0.3) is 0 Å². The standard InChI is InChI=1S/C12H13N3O/c16-8-10-13-11(15-14-10)12(6-7-12)9-4-2-1-3-5-9/h1-5,16H,6-8H2,(H,13,14,15). The highest BCUT2D eigenvalue weighted by Crippen LogP contribution is 2.51.